The molecule has 0 saturated heterocycles. The van der Waals surface area contributed by atoms with Crippen LogP contribution in [-0.4, -0.2) is 38.1 Å². The first-order valence-corrected chi connectivity index (χ1v) is 15.3. The summed E-state index contributed by atoms with van der Waals surface area (Å²) in [5, 5.41) is 2.47. The van der Waals surface area contributed by atoms with Gasteiger partial charge in [0.05, 0.1) is 0 Å². The first-order chi connectivity index (χ1) is 17.6. The van der Waals surface area contributed by atoms with Gasteiger partial charge in [0.2, 0.25) is 0 Å². The molecule has 0 saturated carbocycles. The van der Waals surface area contributed by atoms with Crippen molar-refractivity contribution in [2.75, 3.05) is 0 Å². The molecule has 3 aromatic carbocycles. The van der Waals surface area contributed by atoms with Gasteiger partial charge in [0, 0.05) is 0 Å². The molecular weight excluding hydrogens is 639 g/mol. The van der Waals surface area contributed by atoms with Crippen LogP contribution in [0.25, 0.3) is 38.9 Å². The van der Waals surface area contributed by atoms with Crippen LogP contribution in [0.1, 0.15) is 25.0 Å². The van der Waals surface area contributed by atoms with Crippen LogP contribution in [0.15, 0.2) is 91.3 Å². The molecule has 0 N–H and O–H groups in total. The van der Waals surface area contributed by atoms with E-state index in [0.29, 0.717) is 0 Å². The SMILES string of the molecule is CC1(C)c2ccc3[c](c2-n2c4ncccc4c4cccc1c42)[Po][c]1c(cccc1-c1ccccn1)O3. The van der Waals surface area contributed by atoms with E-state index in [1.807, 2.05) is 24.5 Å². The number of aromatic nitrogens is 3. The van der Waals surface area contributed by atoms with Gasteiger partial charge in [0.25, 0.3) is 0 Å². The van der Waals surface area contributed by atoms with Crippen molar-refractivity contribution in [2.24, 2.45) is 0 Å². The fourth-order valence-corrected chi connectivity index (χ4v) is 10.5. The number of ether oxygens (including phenoxy) is 1. The summed E-state index contributed by atoms with van der Waals surface area (Å²) < 4.78 is 11.8. The summed E-state index contributed by atoms with van der Waals surface area (Å²) in [6, 6.07) is 27.9. The predicted molar refractivity (Wildman–Crippen MR) is 145 cm³/mol. The third-order valence-electron chi connectivity index (χ3n) is 7.56. The number of nitrogens with zero attached hydrogens (tertiary/aromatic N) is 3. The number of pyridine rings is 2. The molecule has 0 radical (unpaired) electrons. The first kappa shape index (κ1) is 20.6. The Morgan fingerprint density at radius 3 is 2.44 bits per heavy atom. The van der Waals surface area contributed by atoms with E-state index in [2.05, 4.69) is 90.1 Å². The second-order valence-corrected chi connectivity index (χ2v) is 13.8. The maximum atomic E-state index is 6.63. The zero-order valence-electron chi connectivity index (χ0n) is 19.8. The van der Waals surface area contributed by atoms with Gasteiger partial charge >= 0.3 is 221 Å². The second kappa shape index (κ2) is 7.25. The Balaban J connectivity index is 1.46. The summed E-state index contributed by atoms with van der Waals surface area (Å²) in [4.78, 5) is 9.57. The Morgan fingerprint density at radius 2 is 1.56 bits per heavy atom. The maximum absolute atomic E-state index is 6.63. The Kier molecular flexibility index (Phi) is 4.15. The minimum absolute atomic E-state index is 0.131. The van der Waals surface area contributed by atoms with Gasteiger partial charge in [-0.05, 0) is 0 Å². The van der Waals surface area contributed by atoms with Crippen LogP contribution >= 0.6 is 0 Å². The van der Waals surface area contributed by atoms with E-state index in [-0.39, 0.29) is 5.41 Å². The molecule has 3 aromatic heterocycles. The van der Waals surface area contributed by atoms with E-state index in [1.54, 1.807) is 0 Å². The van der Waals surface area contributed by atoms with Crippen molar-refractivity contribution < 1.29 is 4.74 Å². The zero-order valence-corrected chi connectivity index (χ0v) is 23.0. The third-order valence-corrected chi connectivity index (χ3v) is 12.3. The normalized spacial score (nSPS) is 14.7. The number of benzene rings is 3. The van der Waals surface area contributed by atoms with E-state index >= 15 is 0 Å². The van der Waals surface area contributed by atoms with E-state index in [1.165, 1.54) is 45.1 Å². The Labute approximate surface area is 220 Å². The van der Waals surface area contributed by atoms with Gasteiger partial charge in [0.15, 0.2) is 0 Å². The van der Waals surface area contributed by atoms with E-state index in [4.69, 9.17) is 9.72 Å². The van der Waals surface area contributed by atoms with Gasteiger partial charge < -0.3 is 0 Å². The van der Waals surface area contributed by atoms with E-state index < -0.39 is 23.6 Å². The Bertz CT molecular complexity index is 1870. The molecule has 6 aromatic rings. The molecular formula is C31H21N3OPo. The topological polar surface area (TPSA) is 39.9 Å². The molecule has 0 bridgehead atoms. The van der Waals surface area contributed by atoms with Crippen molar-refractivity contribution in [3.8, 4) is 28.4 Å². The molecule has 36 heavy (non-hydrogen) atoms. The van der Waals surface area contributed by atoms with Gasteiger partial charge in [-0.3, -0.25) is 0 Å². The quantitative estimate of drug-likeness (QED) is 0.229. The molecule has 5 heterocycles. The minimum atomic E-state index is -1.24. The number of hydrogen-bond donors (Lipinski definition) is 0. The molecule has 0 atom stereocenters. The average molecular weight is 661 g/mol. The van der Waals surface area contributed by atoms with Crippen LogP contribution in [0.4, 0.5) is 0 Å². The summed E-state index contributed by atoms with van der Waals surface area (Å²) in [5.41, 5.74) is 8.33. The summed E-state index contributed by atoms with van der Waals surface area (Å²) in [7, 11) is 0. The number of hydrogen-bond acceptors (Lipinski definition) is 3. The second-order valence-electron chi connectivity index (χ2n) is 9.88. The molecule has 0 aliphatic carbocycles. The number of rotatable bonds is 1. The molecule has 172 valence electrons. The van der Waals surface area contributed by atoms with Crippen LogP contribution in [-0.2, 0) is 5.41 Å². The standard InChI is InChI=1S/C31H21N3O.Po/c1-31(2)25-15-14-22(35-21-9-5-8-20(18-21)27-13-3-4-16-32-27)19-28(25)34-29-23(10-6-12-26(29)31)24-11-7-17-33-30(24)34;/h3-17H,1-2H3;. The monoisotopic (exact) mass is 660 g/mol. The third kappa shape index (κ3) is 2.62. The van der Waals surface area contributed by atoms with Crippen LogP contribution in [0, 0.1) is 0 Å². The van der Waals surface area contributed by atoms with Crippen molar-refractivity contribution in [1.82, 2.24) is 14.5 Å². The molecule has 4 nitrogen and oxygen atoms in total. The molecule has 2 aliphatic rings. The van der Waals surface area contributed by atoms with Gasteiger partial charge in [-0.1, -0.05) is 0 Å². The van der Waals surface area contributed by atoms with Crippen LogP contribution in [0.5, 0.6) is 11.5 Å². The first-order valence-electron chi connectivity index (χ1n) is 12.1. The predicted octanol–water partition coefficient (Wildman–Crippen LogP) is 5.64. The summed E-state index contributed by atoms with van der Waals surface area (Å²) >= 11 is -1.24. The fraction of sp³-hybridized carbons (Fsp3) is 0.0968. The summed E-state index contributed by atoms with van der Waals surface area (Å²) in [6.45, 7) is 4.70. The fourth-order valence-electron chi connectivity index (χ4n) is 5.86. The van der Waals surface area contributed by atoms with Crippen molar-refractivity contribution in [3.63, 3.8) is 0 Å². The summed E-state index contributed by atoms with van der Waals surface area (Å²) in [6.07, 6.45) is 3.77. The number of para-hydroxylation sites is 1. The van der Waals surface area contributed by atoms with Crippen molar-refractivity contribution in [3.05, 3.63) is 102 Å². The van der Waals surface area contributed by atoms with E-state index in [9.17, 15) is 0 Å². The van der Waals surface area contributed by atoms with Crippen molar-refractivity contribution >= 4 is 51.9 Å². The molecule has 0 amide bonds. The molecule has 0 spiro atoms. The van der Waals surface area contributed by atoms with Crippen LogP contribution < -0.4 is 11.2 Å². The van der Waals surface area contributed by atoms with Gasteiger partial charge in [-0.2, -0.15) is 0 Å². The number of fused-ring (bicyclic) bond motifs is 8. The summed E-state index contributed by atoms with van der Waals surface area (Å²) in [5.74, 6) is 1.97. The van der Waals surface area contributed by atoms with Crippen molar-refractivity contribution in [1.29, 1.82) is 0 Å². The average Bonchev–Trinajstić information content (AvgIpc) is 3.25. The van der Waals surface area contributed by atoms with Crippen LogP contribution in [0.2, 0.25) is 0 Å². The zero-order chi connectivity index (χ0) is 24.0. The van der Waals surface area contributed by atoms with E-state index in [0.717, 1.165) is 22.8 Å². The molecule has 0 fully saturated rings. The van der Waals surface area contributed by atoms with Crippen LogP contribution in [0.3, 0.4) is 0 Å². The van der Waals surface area contributed by atoms with Gasteiger partial charge in [0.1, 0.15) is 0 Å². The van der Waals surface area contributed by atoms with Gasteiger partial charge in [-0.15, -0.1) is 0 Å². The Morgan fingerprint density at radius 1 is 0.722 bits per heavy atom. The Hall–Kier alpha value is -3.54. The van der Waals surface area contributed by atoms with Gasteiger partial charge in [-0.25, -0.2) is 0 Å². The molecule has 2 aliphatic heterocycles. The molecule has 8 rings (SSSR count). The molecule has 5 heteroatoms. The molecule has 0 unspecified atom stereocenters. The van der Waals surface area contributed by atoms with Crippen molar-refractivity contribution in [2.45, 2.75) is 19.3 Å².